The minimum atomic E-state index is -0.349. The highest BCUT2D eigenvalue weighted by molar-refractivity contribution is 5.79. The van der Waals surface area contributed by atoms with Gasteiger partial charge in [-0.25, -0.2) is 0 Å². The van der Waals surface area contributed by atoms with Crippen LogP contribution in [-0.4, -0.2) is 19.0 Å². The number of hydrogen-bond donors (Lipinski definition) is 1. The number of amides is 1. The number of nitrogens with two attached hydrogens (primary N) is 1. The van der Waals surface area contributed by atoms with E-state index in [0.717, 1.165) is 17.8 Å². The van der Waals surface area contributed by atoms with Crippen molar-refractivity contribution in [1.29, 1.82) is 5.26 Å². The summed E-state index contributed by atoms with van der Waals surface area (Å²) >= 11 is 0. The van der Waals surface area contributed by atoms with Gasteiger partial charge in [0.05, 0.1) is 18.2 Å². The minimum Gasteiger partial charge on any atom is -0.368 e. The van der Waals surface area contributed by atoms with Crippen molar-refractivity contribution in [3.05, 3.63) is 29.3 Å². The molecule has 0 heterocycles. The molecule has 0 saturated carbocycles. The summed E-state index contributed by atoms with van der Waals surface area (Å²) in [5.41, 5.74) is 7.76. The number of carbonyl (C=O) groups is 1. The van der Waals surface area contributed by atoms with Gasteiger partial charge in [0.25, 0.3) is 0 Å². The van der Waals surface area contributed by atoms with Gasteiger partial charge in [-0.15, -0.1) is 0 Å². The number of carbonyl (C=O) groups excluding carboxylic acids is 1. The van der Waals surface area contributed by atoms with E-state index < -0.39 is 0 Å². The molecule has 4 nitrogen and oxygen atoms in total. The van der Waals surface area contributed by atoms with Crippen LogP contribution < -0.4 is 10.6 Å². The highest BCUT2D eigenvalue weighted by atomic mass is 16.1. The molecule has 18 heavy (non-hydrogen) atoms. The van der Waals surface area contributed by atoms with Crippen LogP contribution in [0.25, 0.3) is 0 Å². The van der Waals surface area contributed by atoms with Gasteiger partial charge in [0.15, 0.2) is 0 Å². The number of anilines is 1. The Morgan fingerprint density at radius 3 is 2.61 bits per heavy atom. The fourth-order valence-electron chi connectivity index (χ4n) is 1.86. The predicted molar refractivity (Wildman–Crippen MR) is 72.1 cm³/mol. The molecule has 0 atom stereocenters. The molecule has 0 aliphatic heterocycles. The summed E-state index contributed by atoms with van der Waals surface area (Å²) in [4.78, 5) is 13.0. The molecule has 0 bridgehead atoms. The fourth-order valence-corrected chi connectivity index (χ4v) is 1.86. The average molecular weight is 245 g/mol. The number of primary amides is 1. The Bertz CT molecular complexity index is 474. The second kappa shape index (κ2) is 6.06. The number of nitriles is 1. The highest BCUT2D eigenvalue weighted by Crippen LogP contribution is 2.19. The standard InChI is InChI=1S/C14H19N3O/c1-10(2)8-17(9-14(16)18)13-5-4-12(7-15)11(3)6-13/h4-6,10H,8-9H2,1-3H3,(H2,16,18). The largest absolute Gasteiger partial charge is 0.368 e. The van der Waals surface area contributed by atoms with Gasteiger partial charge in [-0.05, 0) is 36.6 Å². The van der Waals surface area contributed by atoms with E-state index in [1.165, 1.54) is 0 Å². The van der Waals surface area contributed by atoms with Crippen LogP contribution in [0.15, 0.2) is 18.2 Å². The molecule has 0 aliphatic rings. The zero-order chi connectivity index (χ0) is 13.7. The van der Waals surface area contributed by atoms with E-state index in [4.69, 9.17) is 11.0 Å². The molecule has 0 unspecified atom stereocenters. The van der Waals surface area contributed by atoms with Crippen molar-refractivity contribution >= 4 is 11.6 Å². The van der Waals surface area contributed by atoms with Gasteiger partial charge in [0, 0.05) is 12.2 Å². The molecule has 0 saturated heterocycles. The van der Waals surface area contributed by atoms with Crippen molar-refractivity contribution in [3.63, 3.8) is 0 Å². The zero-order valence-electron chi connectivity index (χ0n) is 11.1. The van der Waals surface area contributed by atoms with Gasteiger partial charge < -0.3 is 10.6 Å². The van der Waals surface area contributed by atoms with Crippen LogP contribution in [0, 0.1) is 24.2 Å². The summed E-state index contributed by atoms with van der Waals surface area (Å²) in [6, 6.07) is 7.69. The van der Waals surface area contributed by atoms with Gasteiger partial charge in [-0.2, -0.15) is 5.26 Å². The summed E-state index contributed by atoms with van der Waals surface area (Å²) in [5.74, 6) is 0.0814. The third kappa shape index (κ3) is 3.77. The lowest BCUT2D eigenvalue weighted by Gasteiger charge is -2.25. The van der Waals surface area contributed by atoms with Crippen LogP contribution in [0.3, 0.4) is 0 Å². The van der Waals surface area contributed by atoms with Crippen molar-refractivity contribution in [2.45, 2.75) is 20.8 Å². The molecule has 2 N–H and O–H groups in total. The summed E-state index contributed by atoms with van der Waals surface area (Å²) < 4.78 is 0. The third-order valence-corrected chi connectivity index (χ3v) is 2.63. The van der Waals surface area contributed by atoms with E-state index in [-0.39, 0.29) is 12.5 Å². The molecule has 0 aromatic heterocycles. The minimum absolute atomic E-state index is 0.198. The third-order valence-electron chi connectivity index (χ3n) is 2.63. The van der Waals surface area contributed by atoms with Crippen LogP contribution in [-0.2, 0) is 4.79 Å². The molecule has 1 aromatic carbocycles. The lowest BCUT2D eigenvalue weighted by molar-refractivity contribution is -0.116. The second-order valence-electron chi connectivity index (χ2n) is 4.85. The summed E-state index contributed by atoms with van der Waals surface area (Å²) in [7, 11) is 0. The van der Waals surface area contributed by atoms with Crippen molar-refractivity contribution < 1.29 is 4.79 Å². The first-order valence-corrected chi connectivity index (χ1v) is 5.98. The van der Waals surface area contributed by atoms with E-state index in [0.29, 0.717) is 11.5 Å². The first-order chi connectivity index (χ1) is 8.43. The lowest BCUT2D eigenvalue weighted by Crippen LogP contribution is -2.36. The Morgan fingerprint density at radius 1 is 1.50 bits per heavy atom. The monoisotopic (exact) mass is 245 g/mol. The first kappa shape index (κ1) is 14.0. The number of aryl methyl sites for hydroxylation is 1. The van der Waals surface area contributed by atoms with E-state index in [1.54, 1.807) is 6.07 Å². The van der Waals surface area contributed by atoms with E-state index >= 15 is 0 Å². The molecule has 4 heteroatoms. The van der Waals surface area contributed by atoms with Gasteiger partial charge in [-0.3, -0.25) is 4.79 Å². The maximum atomic E-state index is 11.1. The zero-order valence-corrected chi connectivity index (χ0v) is 11.1. The van der Waals surface area contributed by atoms with E-state index in [9.17, 15) is 4.79 Å². The Labute approximate surface area is 108 Å². The fraction of sp³-hybridized carbons (Fsp3) is 0.429. The lowest BCUT2D eigenvalue weighted by atomic mass is 10.1. The molecule has 0 radical (unpaired) electrons. The Balaban J connectivity index is 3.01. The van der Waals surface area contributed by atoms with Crippen LogP contribution in [0.2, 0.25) is 0 Å². The topological polar surface area (TPSA) is 70.1 Å². The molecule has 1 aromatic rings. The van der Waals surface area contributed by atoms with Crippen molar-refractivity contribution in [3.8, 4) is 6.07 Å². The van der Waals surface area contributed by atoms with Gasteiger partial charge in [0.2, 0.25) is 5.91 Å². The second-order valence-corrected chi connectivity index (χ2v) is 4.85. The van der Waals surface area contributed by atoms with Crippen molar-refractivity contribution in [2.24, 2.45) is 11.7 Å². The first-order valence-electron chi connectivity index (χ1n) is 5.98. The molecule has 1 amide bonds. The van der Waals surface area contributed by atoms with Crippen LogP contribution in [0.1, 0.15) is 25.0 Å². The number of nitrogens with zero attached hydrogens (tertiary/aromatic N) is 2. The highest BCUT2D eigenvalue weighted by Gasteiger charge is 2.12. The van der Waals surface area contributed by atoms with Gasteiger partial charge in [0.1, 0.15) is 0 Å². The van der Waals surface area contributed by atoms with E-state index in [2.05, 4.69) is 19.9 Å². The molecule has 1 rings (SSSR count). The molecular formula is C14H19N3O. The Kier molecular flexibility index (Phi) is 4.73. The van der Waals surface area contributed by atoms with Gasteiger partial charge in [-0.1, -0.05) is 13.8 Å². The molecular weight excluding hydrogens is 226 g/mol. The smallest absolute Gasteiger partial charge is 0.236 e. The quantitative estimate of drug-likeness (QED) is 0.860. The normalized spacial score (nSPS) is 10.2. The summed E-state index contributed by atoms with van der Waals surface area (Å²) in [5, 5.41) is 8.90. The number of rotatable bonds is 5. The van der Waals surface area contributed by atoms with Crippen LogP contribution in [0.4, 0.5) is 5.69 Å². The summed E-state index contributed by atoms with van der Waals surface area (Å²) in [6.45, 7) is 7.02. The predicted octanol–water partition coefficient (Wildman–Crippen LogP) is 1.81. The van der Waals surface area contributed by atoms with E-state index in [1.807, 2.05) is 24.0 Å². The SMILES string of the molecule is Cc1cc(N(CC(N)=O)CC(C)C)ccc1C#N. The Hall–Kier alpha value is -2.02. The molecule has 0 fully saturated rings. The van der Waals surface area contributed by atoms with Gasteiger partial charge >= 0.3 is 0 Å². The van der Waals surface area contributed by atoms with Crippen LogP contribution in [0.5, 0.6) is 0 Å². The number of hydrogen-bond acceptors (Lipinski definition) is 3. The average Bonchev–Trinajstić information content (AvgIpc) is 2.26. The van der Waals surface area contributed by atoms with Crippen molar-refractivity contribution in [2.75, 3.05) is 18.0 Å². The molecule has 0 spiro atoms. The van der Waals surface area contributed by atoms with Crippen LogP contribution >= 0.6 is 0 Å². The van der Waals surface area contributed by atoms with Crippen molar-refractivity contribution in [1.82, 2.24) is 0 Å². The maximum absolute atomic E-state index is 11.1. The molecule has 0 aliphatic carbocycles. The summed E-state index contributed by atoms with van der Waals surface area (Å²) in [6.07, 6.45) is 0. The number of benzene rings is 1. The maximum Gasteiger partial charge on any atom is 0.236 e. The Morgan fingerprint density at radius 2 is 2.17 bits per heavy atom. The molecule has 96 valence electrons.